The third-order valence-electron chi connectivity index (χ3n) is 9.67. The molecule has 376 valence electrons. The SMILES string of the molecule is CC(C)(C)OC(=O)NCCCC[C@H](NC(=O)CCCCCCCNC(=O)CC[C@H](NC(=O)N[C@@H](CCC(=O)O)C(=O)O)C(=O)O)C(=O)N[C@@H](CCCCNC(=O)OCc1ccccc1)C(=O)O. The van der Waals surface area contributed by atoms with Crippen LogP contribution in [-0.4, -0.2) is 130 Å². The zero-order valence-corrected chi connectivity index (χ0v) is 38.5. The lowest BCUT2D eigenvalue weighted by atomic mass is 10.1. The van der Waals surface area contributed by atoms with E-state index in [1.54, 1.807) is 20.8 Å². The normalized spacial score (nSPS) is 12.7. The fourth-order valence-corrected chi connectivity index (χ4v) is 6.15. The maximum atomic E-state index is 13.4. The molecule has 1 rings (SSSR count). The van der Waals surface area contributed by atoms with Crippen LogP contribution in [0.1, 0.15) is 129 Å². The van der Waals surface area contributed by atoms with Gasteiger partial charge < -0.3 is 67.1 Å². The first kappa shape index (κ1) is 58.3. The Morgan fingerprint density at radius 3 is 1.57 bits per heavy atom. The number of amides is 7. The molecule has 0 unspecified atom stereocenters. The number of rotatable bonds is 34. The number of urea groups is 1. The fourth-order valence-electron chi connectivity index (χ4n) is 6.15. The highest BCUT2D eigenvalue weighted by Crippen LogP contribution is 2.11. The summed E-state index contributed by atoms with van der Waals surface area (Å²) < 4.78 is 10.4. The molecule has 0 fully saturated rings. The Labute approximate surface area is 389 Å². The van der Waals surface area contributed by atoms with Crippen LogP contribution >= 0.6 is 0 Å². The van der Waals surface area contributed by atoms with Gasteiger partial charge >= 0.3 is 42.1 Å². The summed E-state index contributed by atoms with van der Waals surface area (Å²) in [6, 6.07) is 2.58. The van der Waals surface area contributed by atoms with Crippen molar-refractivity contribution < 1.29 is 77.8 Å². The molecule has 0 heterocycles. The second kappa shape index (κ2) is 32.9. The first-order valence-corrected chi connectivity index (χ1v) is 22.4. The van der Waals surface area contributed by atoms with E-state index in [1.807, 2.05) is 35.6 Å². The molecular weight excluding hydrogens is 883 g/mol. The minimum absolute atomic E-state index is 0.0620. The molecule has 1 aromatic rings. The van der Waals surface area contributed by atoms with E-state index in [0.717, 1.165) is 5.56 Å². The Morgan fingerprint density at radius 2 is 1.00 bits per heavy atom. The van der Waals surface area contributed by atoms with E-state index >= 15 is 0 Å². The van der Waals surface area contributed by atoms with Gasteiger partial charge in [0.2, 0.25) is 17.7 Å². The average molecular weight is 952 g/mol. The van der Waals surface area contributed by atoms with Crippen molar-refractivity contribution in [1.82, 2.24) is 37.2 Å². The smallest absolute Gasteiger partial charge is 0.407 e. The predicted molar refractivity (Wildman–Crippen MR) is 239 cm³/mol. The van der Waals surface area contributed by atoms with E-state index in [2.05, 4.69) is 31.9 Å². The Balaban J connectivity index is 2.54. The molecule has 0 aliphatic rings. The monoisotopic (exact) mass is 951 g/mol. The second-order valence-electron chi connectivity index (χ2n) is 16.7. The van der Waals surface area contributed by atoms with Crippen LogP contribution in [-0.2, 0) is 49.6 Å². The fraction of sp³-hybridized carbons (Fsp3) is 0.636. The van der Waals surface area contributed by atoms with Crippen molar-refractivity contribution in [2.75, 3.05) is 19.6 Å². The summed E-state index contributed by atoms with van der Waals surface area (Å²) in [5, 5.41) is 54.5. The molecule has 11 N–H and O–H groups in total. The van der Waals surface area contributed by atoms with Crippen LogP contribution in [0.4, 0.5) is 14.4 Å². The first-order chi connectivity index (χ1) is 31.7. The molecule has 0 aliphatic carbocycles. The molecule has 23 nitrogen and oxygen atoms in total. The quantitative estimate of drug-likeness (QED) is 0.0442. The van der Waals surface area contributed by atoms with Gasteiger partial charge in [0.25, 0.3) is 0 Å². The van der Waals surface area contributed by atoms with Gasteiger partial charge in [0, 0.05) is 38.9 Å². The molecule has 0 saturated carbocycles. The summed E-state index contributed by atoms with van der Waals surface area (Å²) in [5.41, 5.74) is 0.139. The van der Waals surface area contributed by atoms with Gasteiger partial charge in [-0.15, -0.1) is 0 Å². The molecule has 67 heavy (non-hydrogen) atoms. The molecule has 0 saturated heterocycles. The van der Waals surface area contributed by atoms with Gasteiger partial charge in [-0.1, -0.05) is 49.6 Å². The molecule has 0 bridgehead atoms. The maximum absolute atomic E-state index is 13.4. The lowest BCUT2D eigenvalue weighted by molar-refractivity contribution is -0.142. The molecule has 0 aliphatic heterocycles. The lowest BCUT2D eigenvalue weighted by Gasteiger charge is -2.22. The number of carboxylic acid groups (broad SMARTS) is 4. The van der Waals surface area contributed by atoms with Gasteiger partial charge in [-0.3, -0.25) is 19.2 Å². The highest BCUT2D eigenvalue weighted by molar-refractivity contribution is 5.90. The number of benzene rings is 1. The Hall–Kier alpha value is -6.68. The molecular formula is C44H69N7O16. The van der Waals surface area contributed by atoms with Crippen LogP contribution in [0, 0.1) is 0 Å². The van der Waals surface area contributed by atoms with Crippen LogP contribution in [0.5, 0.6) is 0 Å². The Morgan fingerprint density at radius 1 is 0.507 bits per heavy atom. The maximum Gasteiger partial charge on any atom is 0.407 e. The van der Waals surface area contributed by atoms with E-state index in [4.69, 9.17) is 14.6 Å². The molecule has 0 spiro atoms. The zero-order chi connectivity index (χ0) is 50.2. The lowest BCUT2D eigenvalue weighted by Crippen LogP contribution is -2.51. The summed E-state index contributed by atoms with van der Waals surface area (Å²) in [4.78, 5) is 121. The molecule has 4 atom stereocenters. The zero-order valence-electron chi connectivity index (χ0n) is 38.5. The second-order valence-corrected chi connectivity index (χ2v) is 16.7. The number of unbranched alkanes of at least 4 members (excludes halogenated alkanes) is 6. The molecule has 0 radical (unpaired) electrons. The van der Waals surface area contributed by atoms with Gasteiger partial charge in [-0.2, -0.15) is 0 Å². The van der Waals surface area contributed by atoms with Gasteiger partial charge in [0.1, 0.15) is 36.4 Å². The summed E-state index contributed by atoms with van der Waals surface area (Å²) in [6.45, 7) is 6.03. The Bertz CT molecular complexity index is 1760. The van der Waals surface area contributed by atoms with E-state index in [9.17, 15) is 63.3 Å². The number of carbonyl (C=O) groups is 10. The third kappa shape index (κ3) is 30.2. The highest BCUT2D eigenvalue weighted by Gasteiger charge is 2.27. The molecule has 7 amide bonds. The standard InChI is InChI=1S/C44H69N7O16/c1-44(2,3)67-43(65)47-27-14-11-18-30(37(56)49-31(38(57)58)19-12-15-26-46-42(64)66-28-29-16-8-7-9-17-29)48-35(53)20-10-5-4-6-13-25-45-34(52)23-21-32(39(59)60)50-41(63)51-33(40(61)62)22-24-36(54)55/h7-9,16-17,30-33H,4-6,10-15,18-28H2,1-3H3,(H,45,52)(H,46,64)(H,47,65)(H,48,53)(H,49,56)(H,54,55)(H,57,58)(H,59,60)(H,61,62)(H2,50,51,63)/t30-,31-,32-,33-/m0/s1. The van der Waals surface area contributed by atoms with Crippen LogP contribution in [0.25, 0.3) is 0 Å². The number of nitrogens with one attached hydrogen (secondary N) is 7. The summed E-state index contributed by atoms with van der Waals surface area (Å²) in [6.07, 6.45) is 2.23. The third-order valence-corrected chi connectivity index (χ3v) is 9.67. The van der Waals surface area contributed by atoms with Crippen LogP contribution in [0.2, 0.25) is 0 Å². The van der Waals surface area contributed by atoms with Crippen molar-refractivity contribution in [2.45, 2.75) is 160 Å². The first-order valence-electron chi connectivity index (χ1n) is 22.4. The largest absolute Gasteiger partial charge is 0.481 e. The predicted octanol–water partition coefficient (Wildman–Crippen LogP) is 3.14. The minimum Gasteiger partial charge on any atom is -0.481 e. The molecule has 23 heteroatoms. The van der Waals surface area contributed by atoms with Gasteiger partial charge in [-0.05, 0) is 90.5 Å². The number of hydrogen-bond donors (Lipinski definition) is 11. The summed E-state index contributed by atoms with van der Waals surface area (Å²) in [5.74, 6) is -7.07. The number of hydrogen-bond acceptors (Lipinski definition) is 12. The minimum atomic E-state index is -1.56. The Kier molecular flexibility index (Phi) is 28.6. The van der Waals surface area contributed by atoms with Crippen molar-refractivity contribution >= 4 is 59.8 Å². The van der Waals surface area contributed by atoms with Crippen molar-refractivity contribution in [3.63, 3.8) is 0 Å². The van der Waals surface area contributed by atoms with Crippen molar-refractivity contribution in [1.29, 1.82) is 0 Å². The topological polar surface area (TPSA) is 354 Å². The van der Waals surface area contributed by atoms with E-state index in [0.29, 0.717) is 57.8 Å². The molecule has 0 aromatic heterocycles. The molecule has 1 aromatic carbocycles. The van der Waals surface area contributed by atoms with Crippen LogP contribution < -0.4 is 37.2 Å². The van der Waals surface area contributed by atoms with Crippen LogP contribution in [0.3, 0.4) is 0 Å². The number of aliphatic carboxylic acids is 4. The van der Waals surface area contributed by atoms with Crippen molar-refractivity contribution in [3.05, 3.63) is 35.9 Å². The number of carboxylic acids is 4. The average Bonchev–Trinajstić information content (AvgIpc) is 3.24. The summed E-state index contributed by atoms with van der Waals surface area (Å²) >= 11 is 0. The van der Waals surface area contributed by atoms with Gasteiger partial charge in [0.15, 0.2) is 0 Å². The van der Waals surface area contributed by atoms with E-state index in [-0.39, 0.29) is 58.3 Å². The van der Waals surface area contributed by atoms with E-state index in [1.165, 1.54) is 0 Å². The van der Waals surface area contributed by atoms with Crippen molar-refractivity contribution in [3.8, 4) is 0 Å². The number of carbonyl (C=O) groups excluding carboxylic acids is 6. The van der Waals surface area contributed by atoms with Gasteiger partial charge in [-0.25, -0.2) is 28.8 Å². The summed E-state index contributed by atoms with van der Waals surface area (Å²) in [7, 11) is 0. The van der Waals surface area contributed by atoms with Gasteiger partial charge in [0.05, 0.1) is 0 Å². The van der Waals surface area contributed by atoms with Crippen LogP contribution in [0.15, 0.2) is 30.3 Å². The van der Waals surface area contributed by atoms with Crippen molar-refractivity contribution in [2.24, 2.45) is 0 Å². The van der Waals surface area contributed by atoms with E-state index < -0.39 is 102 Å². The highest BCUT2D eigenvalue weighted by atomic mass is 16.6. The number of alkyl carbamates (subject to hydrolysis) is 2. The number of ether oxygens (including phenoxy) is 2.